The minimum atomic E-state index is -0.208. The number of nitrogens with zero attached hydrogens (tertiary/aromatic N) is 1. The van der Waals surface area contributed by atoms with Crippen molar-refractivity contribution in [1.82, 2.24) is 0 Å². The van der Waals surface area contributed by atoms with E-state index in [0.717, 1.165) is 12.1 Å². The van der Waals surface area contributed by atoms with E-state index in [9.17, 15) is 4.79 Å². The molecule has 0 aliphatic carbocycles. The van der Waals surface area contributed by atoms with Crippen LogP contribution in [0.3, 0.4) is 0 Å². The molecule has 0 saturated heterocycles. The summed E-state index contributed by atoms with van der Waals surface area (Å²) in [4.78, 5) is 16.5. The molecule has 0 amide bonds. The third-order valence-corrected chi connectivity index (χ3v) is 1.94. The van der Waals surface area contributed by atoms with Crippen molar-refractivity contribution in [2.75, 3.05) is 6.61 Å². The van der Waals surface area contributed by atoms with Gasteiger partial charge < -0.3 is 9.57 Å². The van der Waals surface area contributed by atoms with Gasteiger partial charge in [-0.05, 0) is 12.3 Å². The van der Waals surface area contributed by atoms with Crippen molar-refractivity contribution in [2.24, 2.45) is 10.6 Å². The van der Waals surface area contributed by atoms with Crippen molar-refractivity contribution in [3.63, 3.8) is 0 Å². The molecule has 0 aromatic carbocycles. The monoisotopic (exact) mass is 213 g/mol. The molecule has 86 valence electrons. The SMILES string of the molecule is CC1=NOC(CC(=O)OCC(C)(C)C)C1. The molecule has 0 spiro atoms. The highest BCUT2D eigenvalue weighted by molar-refractivity contribution is 5.83. The first-order valence-corrected chi connectivity index (χ1v) is 5.22. The first kappa shape index (κ1) is 12.0. The maximum Gasteiger partial charge on any atom is 0.309 e. The number of carbonyl (C=O) groups excluding carboxylic acids is 1. The molecule has 0 N–H and O–H groups in total. The van der Waals surface area contributed by atoms with Gasteiger partial charge >= 0.3 is 5.97 Å². The highest BCUT2D eigenvalue weighted by atomic mass is 16.6. The maximum absolute atomic E-state index is 11.4. The minimum absolute atomic E-state index is 0.0125. The molecular formula is C11H19NO3. The van der Waals surface area contributed by atoms with Crippen LogP contribution in [0.1, 0.15) is 40.5 Å². The van der Waals surface area contributed by atoms with E-state index in [1.165, 1.54) is 0 Å². The number of oxime groups is 1. The van der Waals surface area contributed by atoms with Gasteiger partial charge in [0.15, 0.2) is 0 Å². The Balaban J connectivity index is 2.20. The number of ether oxygens (including phenoxy) is 1. The average molecular weight is 213 g/mol. The van der Waals surface area contributed by atoms with E-state index in [0.29, 0.717) is 6.61 Å². The molecule has 0 saturated carbocycles. The minimum Gasteiger partial charge on any atom is -0.465 e. The zero-order valence-corrected chi connectivity index (χ0v) is 9.87. The summed E-state index contributed by atoms with van der Waals surface area (Å²) < 4.78 is 5.13. The fraction of sp³-hybridized carbons (Fsp3) is 0.818. The van der Waals surface area contributed by atoms with E-state index in [1.54, 1.807) is 0 Å². The lowest BCUT2D eigenvalue weighted by Gasteiger charge is -2.18. The zero-order valence-electron chi connectivity index (χ0n) is 9.87. The van der Waals surface area contributed by atoms with Crippen molar-refractivity contribution in [3.8, 4) is 0 Å². The Kier molecular flexibility index (Phi) is 3.72. The zero-order chi connectivity index (χ0) is 11.5. The molecular weight excluding hydrogens is 194 g/mol. The van der Waals surface area contributed by atoms with Crippen molar-refractivity contribution < 1.29 is 14.4 Å². The van der Waals surface area contributed by atoms with Gasteiger partial charge in [-0.15, -0.1) is 0 Å². The topological polar surface area (TPSA) is 47.9 Å². The van der Waals surface area contributed by atoms with Crippen LogP contribution in [0.2, 0.25) is 0 Å². The Hall–Kier alpha value is -1.06. The molecule has 0 aromatic rings. The molecule has 0 fully saturated rings. The van der Waals surface area contributed by atoms with Gasteiger partial charge in [-0.1, -0.05) is 25.9 Å². The summed E-state index contributed by atoms with van der Waals surface area (Å²) in [6, 6.07) is 0. The quantitative estimate of drug-likeness (QED) is 0.675. The third kappa shape index (κ3) is 4.81. The molecule has 0 bridgehead atoms. The van der Waals surface area contributed by atoms with Crippen molar-refractivity contribution in [3.05, 3.63) is 0 Å². The molecule has 1 rings (SSSR count). The van der Waals surface area contributed by atoms with Crippen LogP contribution >= 0.6 is 0 Å². The Bertz CT molecular complexity index is 265. The molecule has 15 heavy (non-hydrogen) atoms. The standard InChI is InChI=1S/C11H19NO3/c1-8-5-9(15-12-8)6-10(13)14-7-11(2,3)4/h9H,5-7H2,1-4H3. The van der Waals surface area contributed by atoms with Crippen LogP contribution in [0.25, 0.3) is 0 Å². The van der Waals surface area contributed by atoms with Gasteiger partial charge in [0.05, 0.1) is 18.7 Å². The lowest BCUT2D eigenvalue weighted by atomic mass is 9.99. The summed E-state index contributed by atoms with van der Waals surface area (Å²) in [6.07, 6.45) is 0.888. The van der Waals surface area contributed by atoms with Crippen LogP contribution < -0.4 is 0 Å². The summed E-state index contributed by atoms with van der Waals surface area (Å²) >= 11 is 0. The molecule has 4 heteroatoms. The summed E-state index contributed by atoms with van der Waals surface area (Å²) in [5.41, 5.74) is 0.946. The number of hydrogen-bond acceptors (Lipinski definition) is 4. The van der Waals surface area contributed by atoms with Crippen LogP contribution in [-0.2, 0) is 14.4 Å². The highest BCUT2D eigenvalue weighted by Gasteiger charge is 2.23. The van der Waals surface area contributed by atoms with Crippen LogP contribution in [-0.4, -0.2) is 24.4 Å². The summed E-state index contributed by atoms with van der Waals surface area (Å²) in [5, 5.41) is 3.79. The smallest absolute Gasteiger partial charge is 0.309 e. The van der Waals surface area contributed by atoms with E-state index in [4.69, 9.17) is 9.57 Å². The van der Waals surface area contributed by atoms with E-state index in [1.807, 2.05) is 27.7 Å². The van der Waals surface area contributed by atoms with Crippen LogP contribution in [0.15, 0.2) is 5.16 Å². The second-order valence-electron chi connectivity index (χ2n) is 5.18. The van der Waals surface area contributed by atoms with Gasteiger partial charge in [-0.25, -0.2) is 0 Å². The van der Waals surface area contributed by atoms with Crippen LogP contribution in [0.4, 0.5) is 0 Å². The van der Waals surface area contributed by atoms with Gasteiger partial charge in [-0.3, -0.25) is 4.79 Å². The first-order chi connectivity index (χ1) is 6.87. The van der Waals surface area contributed by atoms with E-state index >= 15 is 0 Å². The third-order valence-electron chi connectivity index (χ3n) is 1.94. The Morgan fingerprint density at radius 3 is 2.73 bits per heavy atom. The summed E-state index contributed by atoms with van der Waals surface area (Å²) in [5.74, 6) is -0.208. The van der Waals surface area contributed by atoms with Gasteiger partial charge in [0.2, 0.25) is 0 Å². The van der Waals surface area contributed by atoms with Gasteiger partial charge in [0.1, 0.15) is 6.10 Å². The van der Waals surface area contributed by atoms with Crippen LogP contribution in [0.5, 0.6) is 0 Å². The molecule has 1 unspecified atom stereocenters. The number of rotatable bonds is 3. The van der Waals surface area contributed by atoms with Crippen molar-refractivity contribution >= 4 is 11.7 Å². The first-order valence-electron chi connectivity index (χ1n) is 5.22. The normalized spacial score (nSPS) is 20.8. The Morgan fingerprint density at radius 1 is 1.60 bits per heavy atom. The molecule has 1 atom stereocenters. The fourth-order valence-electron chi connectivity index (χ4n) is 1.22. The van der Waals surface area contributed by atoms with Crippen LogP contribution in [0, 0.1) is 5.41 Å². The molecule has 4 nitrogen and oxygen atoms in total. The molecule has 1 heterocycles. The fourth-order valence-corrected chi connectivity index (χ4v) is 1.22. The Labute approximate surface area is 90.6 Å². The van der Waals surface area contributed by atoms with Gasteiger partial charge in [0, 0.05) is 6.42 Å². The lowest BCUT2D eigenvalue weighted by Crippen LogP contribution is -2.21. The Morgan fingerprint density at radius 2 is 2.27 bits per heavy atom. The second-order valence-corrected chi connectivity index (χ2v) is 5.18. The second kappa shape index (κ2) is 4.64. The number of hydrogen-bond donors (Lipinski definition) is 0. The predicted octanol–water partition coefficient (Wildman–Crippen LogP) is 2.13. The van der Waals surface area contributed by atoms with E-state index in [2.05, 4.69) is 5.16 Å². The highest BCUT2D eigenvalue weighted by Crippen LogP contribution is 2.16. The lowest BCUT2D eigenvalue weighted by molar-refractivity contribution is -0.149. The largest absolute Gasteiger partial charge is 0.465 e. The van der Waals surface area contributed by atoms with E-state index < -0.39 is 0 Å². The van der Waals surface area contributed by atoms with Gasteiger partial charge in [0.25, 0.3) is 0 Å². The molecule has 1 aliphatic heterocycles. The van der Waals surface area contributed by atoms with Gasteiger partial charge in [-0.2, -0.15) is 0 Å². The maximum atomic E-state index is 11.4. The average Bonchev–Trinajstić information content (AvgIpc) is 2.47. The van der Waals surface area contributed by atoms with E-state index in [-0.39, 0.29) is 23.9 Å². The summed E-state index contributed by atoms with van der Waals surface area (Å²) in [6.45, 7) is 8.41. The number of carbonyl (C=O) groups is 1. The van der Waals surface area contributed by atoms with Crippen molar-refractivity contribution in [1.29, 1.82) is 0 Å². The molecule has 0 radical (unpaired) electrons. The molecule has 1 aliphatic rings. The summed E-state index contributed by atoms with van der Waals surface area (Å²) in [7, 11) is 0. The predicted molar refractivity (Wildman–Crippen MR) is 57.6 cm³/mol. The number of esters is 1. The van der Waals surface area contributed by atoms with Crippen molar-refractivity contribution in [2.45, 2.75) is 46.6 Å². The molecule has 0 aromatic heterocycles.